The Labute approximate surface area is 98.4 Å². The monoisotopic (exact) mass is 221 g/mol. The van der Waals surface area contributed by atoms with Gasteiger partial charge in [-0.3, -0.25) is 16.3 Å². The van der Waals surface area contributed by atoms with Gasteiger partial charge < -0.3 is 0 Å². The molecule has 90 valence electrons. The van der Waals surface area contributed by atoms with Crippen LogP contribution in [-0.2, 0) is 0 Å². The molecule has 3 nitrogen and oxygen atoms in total. The van der Waals surface area contributed by atoms with Crippen molar-refractivity contribution < 1.29 is 0 Å². The molecule has 0 spiro atoms. The molecule has 0 aliphatic heterocycles. The highest BCUT2D eigenvalue weighted by atomic mass is 15.2. The number of aryl methyl sites for hydroxylation is 1. The van der Waals surface area contributed by atoms with Crippen molar-refractivity contribution >= 4 is 0 Å². The molecule has 16 heavy (non-hydrogen) atoms. The Morgan fingerprint density at radius 1 is 1.38 bits per heavy atom. The van der Waals surface area contributed by atoms with Crippen molar-refractivity contribution in [1.29, 1.82) is 0 Å². The average molecular weight is 221 g/mol. The van der Waals surface area contributed by atoms with E-state index < -0.39 is 0 Å². The van der Waals surface area contributed by atoms with E-state index in [0.29, 0.717) is 0 Å². The minimum atomic E-state index is 0.181. The van der Waals surface area contributed by atoms with Gasteiger partial charge in [0.05, 0.1) is 11.7 Å². The predicted molar refractivity (Wildman–Crippen MR) is 67.7 cm³/mol. The molecule has 1 unspecified atom stereocenters. The van der Waals surface area contributed by atoms with Crippen molar-refractivity contribution in [3.63, 3.8) is 0 Å². The van der Waals surface area contributed by atoms with E-state index in [2.05, 4.69) is 37.2 Å². The normalized spacial score (nSPS) is 13.1. The number of pyridine rings is 1. The summed E-state index contributed by atoms with van der Waals surface area (Å²) >= 11 is 0. The Hall–Kier alpha value is -0.930. The Kier molecular flexibility index (Phi) is 5.43. The summed E-state index contributed by atoms with van der Waals surface area (Å²) in [4.78, 5) is 4.40. The molecule has 1 atom stereocenters. The minimum absolute atomic E-state index is 0.181. The first-order valence-electron chi connectivity index (χ1n) is 6.02. The largest absolute Gasteiger partial charge is 0.271 e. The van der Waals surface area contributed by atoms with Gasteiger partial charge in [0.1, 0.15) is 0 Å². The lowest BCUT2D eigenvalue weighted by Gasteiger charge is -2.17. The molecule has 0 radical (unpaired) electrons. The van der Waals surface area contributed by atoms with Crippen LogP contribution in [0, 0.1) is 12.8 Å². The van der Waals surface area contributed by atoms with Gasteiger partial charge in [-0.15, -0.1) is 0 Å². The van der Waals surface area contributed by atoms with E-state index in [1.165, 1.54) is 18.4 Å². The Bertz CT molecular complexity index is 310. The van der Waals surface area contributed by atoms with Crippen LogP contribution in [-0.4, -0.2) is 4.98 Å². The molecule has 0 saturated heterocycles. The summed E-state index contributed by atoms with van der Waals surface area (Å²) in [6.07, 6.45) is 5.30. The fourth-order valence-corrected chi connectivity index (χ4v) is 1.89. The first-order valence-corrected chi connectivity index (χ1v) is 6.02. The summed E-state index contributed by atoms with van der Waals surface area (Å²) in [6, 6.07) is 4.22. The van der Waals surface area contributed by atoms with Crippen LogP contribution in [0.4, 0.5) is 0 Å². The Balaban J connectivity index is 2.57. The van der Waals surface area contributed by atoms with Crippen LogP contribution in [0.15, 0.2) is 18.3 Å². The van der Waals surface area contributed by atoms with Crippen molar-refractivity contribution in [1.82, 2.24) is 10.4 Å². The van der Waals surface area contributed by atoms with E-state index in [0.717, 1.165) is 18.0 Å². The summed E-state index contributed by atoms with van der Waals surface area (Å²) in [6.45, 7) is 6.57. The third-order valence-corrected chi connectivity index (χ3v) is 2.86. The van der Waals surface area contributed by atoms with Gasteiger partial charge in [0.15, 0.2) is 0 Å². The molecule has 1 aromatic rings. The molecule has 0 fully saturated rings. The molecule has 1 heterocycles. The maximum absolute atomic E-state index is 5.60. The van der Waals surface area contributed by atoms with Crippen LogP contribution in [0.2, 0.25) is 0 Å². The van der Waals surface area contributed by atoms with Crippen LogP contribution >= 0.6 is 0 Å². The van der Waals surface area contributed by atoms with Crippen LogP contribution in [0.3, 0.4) is 0 Å². The second kappa shape index (κ2) is 6.61. The third-order valence-electron chi connectivity index (χ3n) is 2.86. The van der Waals surface area contributed by atoms with E-state index in [-0.39, 0.29) is 6.04 Å². The lowest BCUT2D eigenvalue weighted by molar-refractivity contribution is 0.447. The first kappa shape index (κ1) is 13.1. The van der Waals surface area contributed by atoms with Gasteiger partial charge in [-0.2, -0.15) is 0 Å². The van der Waals surface area contributed by atoms with Crippen LogP contribution in [0.1, 0.15) is 50.4 Å². The minimum Gasteiger partial charge on any atom is -0.271 e. The third kappa shape index (κ3) is 3.91. The van der Waals surface area contributed by atoms with Crippen LogP contribution < -0.4 is 11.3 Å². The fraction of sp³-hybridized carbons (Fsp3) is 0.615. The summed E-state index contributed by atoms with van der Waals surface area (Å²) in [5, 5.41) is 0. The number of nitrogens with zero attached hydrogens (tertiary/aromatic N) is 1. The van der Waals surface area contributed by atoms with Crippen molar-refractivity contribution in [2.75, 3.05) is 0 Å². The smallest absolute Gasteiger partial charge is 0.0634 e. The van der Waals surface area contributed by atoms with E-state index in [9.17, 15) is 0 Å². The van der Waals surface area contributed by atoms with E-state index in [1.807, 2.05) is 12.3 Å². The zero-order valence-corrected chi connectivity index (χ0v) is 10.5. The highest BCUT2D eigenvalue weighted by Gasteiger charge is 2.12. The van der Waals surface area contributed by atoms with Crippen molar-refractivity contribution in [3.8, 4) is 0 Å². The maximum atomic E-state index is 5.60. The van der Waals surface area contributed by atoms with E-state index >= 15 is 0 Å². The number of rotatable bonds is 6. The predicted octanol–water partition coefficient (Wildman–Crippen LogP) is 2.72. The highest BCUT2D eigenvalue weighted by Crippen LogP contribution is 2.20. The average Bonchev–Trinajstić information content (AvgIpc) is 2.25. The van der Waals surface area contributed by atoms with Crippen molar-refractivity contribution in [2.24, 2.45) is 11.8 Å². The molecule has 0 aliphatic rings. The molecular formula is C13H23N3. The van der Waals surface area contributed by atoms with Gasteiger partial charge in [0, 0.05) is 6.20 Å². The van der Waals surface area contributed by atoms with Gasteiger partial charge in [-0.1, -0.05) is 32.8 Å². The first-order chi connectivity index (χ1) is 7.65. The molecule has 1 aromatic heterocycles. The van der Waals surface area contributed by atoms with Gasteiger partial charge >= 0.3 is 0 Å². The lowest BCUT2D eigenvalue weighted by Crippen LogP contribution is -2.29. The zero-order chi connectivity index (χ0) is 12.0. The number of nitrogens with two attached hydrogens (primary N) is 1. The molecule has 3 heteroatoms. The number of hydrogen-bond donors (Lipinski definition) is 2. The molecule has 0 bridgehead atoms. The summed E-state index contributed by atoms with van der Waals surface area (Å²) < 4.78 is 0. The molecule has 1 rings (SSSR count). The second-order valence-electron chi connectivity index (χ2n) is 4.75. The summed E-state index contributed by atoms with van der Waals surface area (Å²) in [7, 11) is 0. The van der Waals surface area contributed by atoms with Gasteiger partial charge in [-0.05, 0) is 30.9 Å². The number of hydrogen-bond acceptors (Lipinski definition) is 3. The van der Waals surface area contributed by atoms with Crippen LogP contribution in [0.25, 0.3) is 0 Å². The molecule has 0 amide bonds. The molecule has 0 aliphatic carbocycles. The molecular weight excluding hydrogens is 198 g/mol. The number of aromatic nitrogens is 1. The summed E-state index contributed by atoms with van der Waals surface area (Å²) in [5.41, 5.74) is 5.15. The van der Waals surface area contributed by atoms with Crippen LogP contribution in [0.5, 0.6) is 0 Å². The SMILES string of the molecule is Cc1cccnc1C(CCCC(C)C)NN. The standard InChI is InChI=1S/C13H23N3/c1-10(2)6-4-8-12(16-14)13-11(3)7-5-9-15-13/h5,7,9-10,12,16H,4,6,8,14H2,1-3H3. The fourth-order valence-electron chi connectivity index (χ4n) is 1.89. The maximum Gasteiger partial charge on any atom is 0.0634 e. The number of hydrazine groups is 1. The summed E-state index contributed by atoms with van der Waals surface area (Å²) in [5.74, 6) is 6.35. The Morgan fingerprint density at radius 3 is 2.69 bits per heavy atom. The quantitative estimate of drug-likeness (QED) is 0.573. The lowest BCUT2D eigenvalue weighted by atomic mass is 9.99. The molecule has 0 aromatic carbocycles. The highest BCUT2D eigenvalue weighted by molar-refractivity contribution is 5.20. The van der Waals surface area contributed by atoms with E-state index in [1.54, 1.807) is 0 Å². The van der Waals surface area contributed by atoms with Gasteiger partial charge in [-0.25, -0.2) is 0 Å². The zero-order valence-electron chi connectivity index (χ0n) is 10.5. The number of nitrogens with one attached hydrogen (secondary N) is 1. The van der Waals surface area contributed by atoms with Gasteiger partial charge in [0.25, 0.3) is 0 Å². The molecule has 0 saturated carbocycles. The second-order valence-corrected chi connectivity index (χ2v) is 4.75. The van der Waals surface area contributed by atoms with E-state index in [4.69, 9.17) is 5.84 Å². The van der Waals surface area contributed by atoms with Crippen molar-refractivity contribution in [3.05, 3.63) is 29.6 Å². The van der Waals surface area contributed by atoms with Gasteiger partial charge in [0.2, 0.25) is 0 Å². The molecule has 3 N–H and O–H groups in total. The van der Waals surface area contributed by atoms with Crippen molar-refractivity contribution in [2.45, 2.75) is 46.1 Å². The topological polar surface area (TPSA) is 50.9 Å². The Morgan fingerprint density at radius 2 is 2.12 bits per heavy atom.